The van der Waals surface area contributed by atoms with Crippen LogP contribution in [0.2, 0.25) is 0 Å². The molecule has 6 heteroatoms. The highest BCUT2D eigenvalue weighted by Gasteiger charge is 2.84. The van der Waals surface area contributed by atoms with Crippen LogP contribution in [0.25, 0.3) is 0 Å². The van der Waals surface area contributed by atoms with Gasteiger partial charge in [0.1, 0.15) is 11.7 Å². The fourth-order valence-corrected chi connectivity index (χ4v) is 10.4. The maximum Gasteiger partial charge on any atom is 0.226 e. The van der Waals surface area contributed by atoms with Gasteiger partial charge in [0.2, 0.25) is 11.7 Å². The van der Waals surface area contributed by atoms with E-state index in [1.165, 1.54) is 0 Å². The Balaban J connectivity index is 1.53. The van der Waals surface area contributed by atoms with E-state index in [0.29, 0.717) is 13.0 Å². The lowest BCUT2D eigenvalue weighted by Gasteiger charge is -2.68. The number of epoxide rings is 1. The lowest BCUT2D eigenvalue weighted by atomic mass is 9.34. The molecule has 0 bridgehead atoms. The summed E-state index contributed by atoms with van der Waals surface area (Å²) in [5.74, 6) is -0.245. The number of ether oxygens (including phenoxy) is 1. The van der Waals surface area contributed by atoms with E-state index in [-0.39, 0.29) is 51.1 Å². The molecule has 5 aliphatic carbocycles. The van der Waals surface area contributed by atoms with Gasteiger partial charge in [-0.25, -0.2) is 0 Å². The molecule has 4 fully saturated rings. The largest absolute Gasteiger partial charge is 0.356 e. The maximum atomic E-state index is 14.4. The number of nitrogens with zero attached hydrogens (tertiary/aromatic N) is 1. The summed E-state index contributed by atoms with van der Waals surface area (Å²) >= 11 is 0. The number of ketones is 2. The Hall–Kier alpha value is -2.26. The number of allylic oxidation sites excluding steroid dienone is 1. The fraction of sp³-hybridized carbons (Fsp3) is 0.750. The van der Waals surface area contributed by atoms with Crippen molar-refractivity contribution in [2.75, 3.05) is 6.54 Å². The van der Waals surface area contributed by atoms with Crippen molar-refractivity contribution in [1.29, 1.82) is 5.26 Å². The minimum absolute atomic E-state index is 0.0112. The highest BCUT2D eigenvalue weighted by Crippen LogP contribution is 2.78. The molecule has 1 saturated heterocycles. The number of carbonyl (C=O) groups is 3. The molecule has 1 N–H and O–H groups in total. The number of carbonyl (C=O) groups excluding carboxylic acids is 3. The van der Waals surface area contributed by atoms with Crippen molar-refractivity contribution in [3.63, 3.8) is 0 Å². The zero-order valence-corrected chi connectivity index (χ0v) is 24.0. The molecule has 38 heavy (non-hydrogen) atoms. The summed E-state index contributed by atoms with van der Waals surface area (Å²) in [7, 11) is 0. The summed E-state index contributed by atoms with van der Waals surface area (Å²) in [4.78, 5) is 41.3. The van der Waals surface area contributed by atoms with Gasteiger partial charge in [-0.1, -0.05) is 27.7 Å². The van der Waals surface area contributed by atoms with Gasteiger partial charge in [0.05, 0.1) is 11.0 Å². The van der Waals surface area contributed by atoms with E-state index in [4.69, 9.17) is 4.74 Å². The Morgan fingerprint density at radius 1 is 1.05 bits per heavy atom. The molecule has 204 valence electrons. The van der Waals surface area contributed by atoms with Crippen LogP contribution in [0.5, 0.6) is 0 Å². The average molecular weight is 519 g/mol. The number of nitrogens with one attached hydrogen (secondary N) is 1. The minimum atomic E-state index is -1.02. The normalized spacial score (nSPS) is 50.1. The molecule has 1 heterocycles. The van der Waals surface area contributed by atoms with E-state index in [1.807, 2.05) is 26.0 Å². The zero-order chi connectivity index (χ0) is 27.7. The predicted octanol–water partition coefficient (Wildman–Crippen LogP) is 5.23. The van der Waals surface area contributed by atoms with Gasteiger partial charge < -0.3 is 10.1 Å². The maximum absolute atomic E-state index is 14.4. The Morgan fingerprint density at radius 2 is 1.74 bits per heavy atom. The van der Waals surface area contributed by atoms with Crippen LogP contribution in [0.3, 0.4) is 0 Å². The number of hydrogen-bond acceptors (Lipinski definition) is 5. The molecule has 0 aromatic heterocycles. The number of amides is 1. The third-order valence-corrected chi connectivity index (χ3v) is 12.9. The van der Waals surface area contributed by atoms with Crippen molar-refractivity contribution in [1.82, 2.24) is 5.32 Å². The molecule has 1 amide bonds. The van der Waals surface area contributed by atoms with Gasteiger partial charge in [-0.2, -0.15) is 5.26 Å². The van der Waals surface area contributed by atoms with Gasteiger partial charge in [0.15, 0.2) is 11.4 Å². The first-order chi connectivity index (χ1) is 17.6. The van der Waals surface area contributed by atoms with Crippen LogP contribution >= 0.6 is 0 Å². The Labute approximate surface area is 226 Å². The van der Waals surface area contributed by atoms with E-state index in [0.717, 1.165) is 44.1 Å². The molecule has 0 aromatic carbocycles. The van der Waals surface area contributed by atoms with Gasteiger partial charge in [0, 0.05) is 17.9 Å². The van der Waals surface area contributed by atoms with Crippen LogP contribution in [-0.2, 0) is 19.1 Å². The van der Waals surface area contributed by atoms with Crippen LogP contribution in [0, 0.1) is 50.2 Å². The monoisotopic (exact) mass is 518 g/mol. The average Bonchev–Trinajstić information content (AvgIpc) is 3.49. The summed E-state index contributed by atoms with van der Waals surface area (Å²) in [6.07, 6.45) is 9.49. The molecule has 6 rings (SSSR count). The molecule has 8 atom stereocenters. The van der Waals surface area contributed by atoms with E-state index in [1.54, 1.807) is 0 Å². The molecule has 3 saturated carbocycles. The molecule has 1 spiro atoms. The third kappa shape index (κ3) is 2.65. The second-order valence-electron chi connectivity index (χ2n) is 14.8. The Bertz CT molecular complexity index is 1290. The van der Waals surface area contributed by atoms with Crippen LogP contribution in [0.1, 0.15) is 93.4 Å². The van der Waals surface area contributed by atoms with Crippen molar-refractivity contribution in [2.24, 2.45) is 38.9 Å². The zero-order valence-electron chi connectivity index (χ0n) is 24.0. The minimum Gasteiger partial charge on any atom is -0.356 e. The molecule has 6 nitrogen and oxygen atoms in total. The van der Waals surface area contributed by atoms with E-state index in [9.17, 15) is 19.6 Å². The first kappa shape index (κ1) is 26.0. The third-order valence-electron chi connectivity index (χ3n) is 12.9. The molecule has 2 unspecified atom stereocenters. The van der Waals surface area contributed by atoms with Crippen molar-refractivity contribution in [3.05, 3.63) is 23.3 Å². The second-order valence-corrected chi connectivity index (χ2v) is 14.8. The highest BCUT2D eigenvalue weighted by atomic mass is 16.6. The van der Waals surface area contributed by atoms with Gasteiger partial charge in [0.25, 0.3) is 0 Å². The smallest absolute Gasteiger partial charge is 0.226 e. The molecule has 6 aliphatic rings. The van der Waals surface area contributed by atoms with Crippen molar-refractivity contribution < 1.29 is 19.1 Å². The SMILES string of the molecule is CCNC(=O)[C@]12CCC(C)(C)CC1C1C(=O)C=C3[C@@]4(C)C=C(C#N)C(=O)[C@@]5(C)O[C@@]45CC[C@@]3(C)[C@]1(C)CC2. The molecular weight excluding hydrogens is 476 g/mol. The Morgan fingerprint density at radius 3 is 2.39 bits per heavy atom. The first-order valence-electron chi connectivity index (χ1n) is 14.5. The predicted molar refractivity (Wildman–Crippen MR) is 143 cm³/mol. The molecule has 0 aromatic rings. The fourth-order valence-electron chi connectivity index (χ4n) is 10.4. The van der Waals surface area contributed by atoms with Gasteiger partial charge in [-0.05, 0) is 106 Å². The number of fused-ring (bicyclic) bond motifs is 6. The molecular formula is C32H42N2O4. The molecule has 1 aliphatic heterocycles. The van der Waals surface area contributed by atoms with E-state index in [2.05, 4.69) is 46.0 Å². The van der Waals surface area contributed by atoms with E-state index >= 15 is 0 Å². The first-order valence-corrected chi connectivity index (χ1v) is 14.5. The Kier molecular flexibility index (Phi) is 4.97. The van der Waals surface area contributed by atoms with Gasteiger partial charge in [-0.3, -0.25) is 14.4 Å². The lowest BCUT2D eigenvalue weighted by Crippen LogP contribution is -2.67. The van der Waals surface area contributed by atoms with Crippen molar-refractivity contribution in [3.8, 4) is 6.07 Å². The van der Waals surface area contributed by atoms with Gasteiger partial charge >= 0.3 is 0 Å². The van der Waals surface area contributed by atoms with Crippen molar-refractivity contribution in [2.45, 2.75) is 105 Å². The number of hydrogen-bond donors (Lipinski definition) is 1. The summed E-state index contributed by atoms with van der Waals surface area (Å²) in [5, 5.41) is 13.0. The van der Waals surface area contributed by atoms with Crippen LogP contribution < -0.4 is 5.32 Å². The summed E-state index contributed by atoms with van der Waals surface area (Å²) in [5.41, 5.74) is -2.36. The number of Topliss-reactive ketones (excluding diaryl/α,β-unsaturated/α-hetero) is 1. The van der Waals surface area contributed by atoms with Crippen molar-refractivity contribution >= 4 is 17.5 Å². The lowest BCUT2D eigenvalue weighted by molar-refractivity contribution is -0.177. The summed E-state index contributed by atoms with van der Waals surface area (Å²) in [6, 6.07) is 2.13. The number of nitriles is 1. The van der Waals surface area contributed by atoms with Crippen LogP contribution in [-0.4, -0.2) is 35.2 Å². The van der Waals surface area contributed by atoms with Crippen LogP contribution in [0.4, 0.5) is 0 Å². The highest BCUT2D eigenvalue weighted by molar-refractivity contribution is 6.10. The van der Waals surface area contributed by atoms with Crippen LogP contribution in [0.15, 0.2) is 23.3 Å². The number of rotatable bonds is 2. The summed E-state index contributed by atoms with van der Waals surface area (Å²) in [6.45, 7) is 15.6. The standard InChI is InChI=1S/C32H42N2O4/c1-8-34-25(37)31-12-9-26(2,3)17-20(31)23-21(35)15-22-27(4,28(23,5)10-13-31)11-14-32-29(22,6)16-19(18-33)24(36)30(32,7)38-32/h15-16,20,23H,8-14,17H2,1-7H3,(H,34,37)/t20?,23?,27-,28-,29-,30-,31+,32+/m1/s1. The van der Waals surface area contributed by atoms with Gasteiger partial charge in [-0.15, -0.1) is 0 Å². The topological polar surface area (TPSA) is 99.6 Å². The second kappa shape index (κ2) is 7.27. The van der Waals surface area contributed by atoms with E-state index < -0.39 is 22.0 Å². The summed E-state index contributed by atoms with van der Waals surface area (Å²) < 4.78 is 6.33. The quantitative estimate of drug-likeness (QED) is 0.505. The molecule has 0 radical (unpaired) electrons.